The lowest BCUT2D eigenvalue weighted by Crippen LogP contribution is -2.40. The van der Waals surface area contributed by atoms with Gasteiger partial charge in [0.05, 0.1) is 18.0 Å². The van der Waals surface area contributed by atoms with Crippen LogP contribution in [0.5, 0.6) is 0 Å². The van der Waals surface area contributed by atoms with E-state index in [2.05, 4.69) is 20.5 Å². The lowest BCUT2D eigenvalue weighted by Gasteiger charge is -2.32. The summed E-state index contributed by atoms with van der Waals surface area (Å²) in [5.41, 5.74) is 1.61. The molecule has 4 heterocycles. The van der Waals surface area contributed by atoms with Crippen LogP contribution in [0.15, 0.2) is 61.1 Å². The van der Waals surface area contributed by atoms with Gasteiger partial charge in [0.1, 0.15) is 11.6 Å². The predicted octanol–water partition coefficient (Wildman–Crippen LogP) is 3.11. The molecule has 0 bridgehead atoms. The Labute approximate surface area is 163 Å². The van der Waals surface area contributed by atoms with E-state index in [0.29, 0.717) is 11.5 Å². The van der Waals surface area contributed by atoms with Crippen molar-refractivity contribution in [3.63, 3.8) is 0 Å². The molecule has 1 atom stereocenters. The monoisotopic (exact) mass is 374 g/mol. The molecule has 3 aromatic heterocycles. The molecule has 142 valence electrons. The van der Waals surface area contributed by atoms with Gasteiger partial charge in [0.15, 0.2) is 0 Å². The van der Waals surface area contributed by atoms with Gasteiger partial charge in [-0.3, -0.25) is 4.79 Å². The first-order chi connectivity index (χ1) is 13.8. The maximum absolute atomic E-state index is 12.7. The molecule has 1 aliphatic heterocycles. The molecular formula is C21H22N6O. The van der Waals surface area contributed by atoms with Crippen molar-refractivity contribution in [1.82, 2.24) is 25.1 Å². The third-order valence-corrected chi connectivity index (χ3v) is 4.86. The molecule has 0 radical (unpaired) electrons. The second kappa shape index (κ2) is 8.56. The fraction of sp³-hybridized carbons (Fsp3) is 0.286. The normalized spacial score (nSPS) is 16.6. The predicted molar refractivity (Wildman–Crippen MR) is 106 cm³/mol. The van der Waals surface area contributed by atoms with E-state index >= 15 is 0 Å². The van der Waals surface area contributed by atoms with Gasteiger partial charge in [0, 0.05) is 25.0 Å². The van der Waals surface area contributed by atoms with Crippen LogP contribution in [0.2, 0.25) is 0 Å². The first kappa shape index (κ1) is 18.0. The first-order valence-corrected chi connectivity index (χ1v) is 9.48. The van der Waals surface area contributed by atoms with Gasteiger partial charge in [-0.05, 0) is 55.5 Å². The summed E-state index contributed by atoms with van der Waals surface area (Å²) < 4.78 is 0. The summed E-state index contributed by atoms with van der Waals surface area (Å²) in [6, 6.07) is 13.4. The highest BCUT2D eigenvalue weighted by atomic mass is 16.2. The van der Waals surface area contributed by atoms with Gasteiger partial charge in [-0.25, -0.2) is 9.97 Å². The maximum atomic E-state index is 12.7. The van der Waals surface area contributed by atoms with Crippen LogP contribution in [0.25, 0.3) is 0 Å². The van der Waals surface area contributed by atoms with Crippen molar-refractivity contribution in [2.75, 3.05) is 18.4 Å². The van der Waals surface area contributed by atoms with E-state index in [9.17, 15) is 4.79 Å². The SMILES string of the molecule is O=C(c1ccnnc1)N1CCC[C@H](Cc2cccc(Nc3ccccn3)n2)C1. The highest BCUT2D eigenvalue weighted by Crippen LogP contribution is 2.22. The summed E-state index contributed by atoms with van der Waals surface area (Å²) in [5.74, 6) is 1.97. The Hall–Kier alpha value is -3.35. The van der Waals surface area contributed by atoms with Crippen LogP contribution in [0.4, 0.5) is 11.6 Å². The summed E-state index contributed by atoms with van der Waals surface area (Å²) in [4.78, 5) is 23.6. The third kappa shape index (κ3) is 4.49. The summed E-state index contributed by atoms with van der Waals surface area (Å²) in [6.45, 7) is 1.52. The third-order valence-electron chi connectivity index (χ3n) is 4.86. The number of aromatic nitrogens is 4. The van der Waals surface area contributed by atoms with Crippen molar-refractivity contribution >= 4 is 17.5 Å². The number of pyridine rings is 2. The standard InChI is InChI=1S/C21H22N6O/c28-21(17-9-11-23-24-14-17)27-12-4-5-16(15-27)13-18-6-3-8-20(25-18)26-19-7-1-2-10-22-19/h1-3,6-11,14,16H,4-5,12-13,15H2,(H,22,25,26)/t16-/m1/s1. The zero-order valence-electron chi connectivity index (χ0n) is 15.5. The van der Waals surface area contributed by atoms with Crippen LogP contribution in [-0.2, 0) is 6.42 Å². The molecule has 0 spiro atoms. The van der Waals surface area contributed by atoms with E-state index in [1.54, 1.807) is 18.5 Å². The largest absolute Gasteiger partial charge is 0.338 e. The molecule has 1 amide bonds. The molecule has 1 saturated heterocycles. The minimum atomic E-state index is 0.0260. The van der Waals surface area contributed by atoms with Crippen LogP contribution in [0.3, 0.4) is 0 Å². The second-order valence-electron chi connectivity index (χ2n) is 6.95. The van der Waals surface area contributed by atoms with Crippen LogP contribution in [0.1, 0.15) is 28.9 Å². The smallest absolute Gasteiger partial charge is 0.255 e. The summed E-state index contributed by atoms with van der Waals surface area (Å²) >= 11 is 0. The molecule has 1 N–H and O–H groups in total. The number of piperidine rings is 1. The number of nitrogens with one attached hydrogen (secondary N) is 1. The second-order valence-corrected chi connectivity index (χ2v) is 6.95. The lowest BCUT2D eigenvalue weighted by molar-refractivity contribution is 0.0672. The topological polar surface area (TPSA) is 83.9 Å². The van der Waals surface area contributed by atoms with Gasteiger partial charge in [0.2, 0.25) is 0 Å². The van der Waals surface area contributed by atoms with Crippen molar-refractivity contribution in [3.05, 3.63) is 72.3 Å². The quantitative estimate of drug-likeness (QED) is 0.739. The summed E-state index contributed by atoms with van der Waals surface area (Å²) in [6.07, 6.45) is 7.77. The minimum absolute atomic E-state index is 0.0260. The number of hydrogen-bond acceptors (Lipinski definition) is 6. The molecule has 3 aromatic rings. The van der Waals surface area contributed by atoms with Crippen molar-refractivity contribution in [2.45, 2.75) is 19.3 Å². The van der Waals surface area contributed by atoms with Gasteiger partial charge in [-0.1, -0.05) is 12.1 Å². The molecule has 0 aromatic carbocycles. The highest BCUT2D eigenvalue weighted by molar-refractivity contribution is 5.93. The molecule has 7 nitrogen and oxygen atoms in total. The molecule has 4 rings (SSSR count). The molecule has 0 aliphatic carbocycles. The average molecular weight is 374 g/mol. The van der Waals surface area contributed by atoms with Gasteiger partial charge >= 0.3 is 0 Å². The number of carbonyl (C=O) groups is 1. The van der Waals surface area contributed by atoms with Crippen molar-refractivity contribution in [3.8, 4) is 0 Å². The Bertz CT molecular complexity index is 918. The van der Waals surface area contributed by atoms with Gasteiger partial charge in [-0.15, -0.1) is 0 Å². The van der Waals surface area contributed by atoms with Crippen molar-refractivity contribution in [1.29, 1.82) is 0 Å². The Morgan fingerprint density at radius 2 is 2.00 bits per heavy atom. The van der Waals surface area contributed by atoms with Gasteiger partial charge in [-0.2, -0.15) is 10.2 Å². The van der Waals surface area contributed by atoms with Crippen molar-refractivity contribution in [2.24, 2.45) is 5.92 Å². The minimum Gasteiger partial charge on any atom is -0.338 e. The Balaban J connectivity index is 1.40. The Morgan fingerprint density at radius 1 is 1.07 bits per heavy atom. The molecular weight excluding hydrogens is 352 g/mol. The highest BCUT2D eigenvalue weighted by Gasteiger charge is 2.25. The Kier molecular flexibility index (Phi) is 5.51. The molecule has 0 saturated carbocycles. The van der Waals surface area contributed by atoms with Crippen LogP contribution < -0.4 is 5.32 Å². The zero-order valence-corrected chi connectivity index (χ0v) is 15.5. The summed E-state index contributed by atoms with van der Waals surface area (Å²) in [7, 11) is 0. The summed E-state index contributed by atoms with van der Waals surface area (Å²) in [5, 5.41) is 10.8. The maximum Gasteiger partial charge on any atom is 0.255 e. The Morgan fingerprint density at radius 3 is 2.82 bits per heavy atom. The molecule has 0 unspecified atom stereocenters. The molecule has 28 heavy (non-hydrogen) atoms. The number of rotatable bonds is 5. The van der Waals surface area contributed by atoms with Gasteiger partial charge in [0.25, 0.3) is 5.91 Å². The fourth-order valence-electron chi connectivity index (χ4n) is 3.54. The first-order valence-electron chi connectivity index (χ1n) is 9.48. The van der Waals surface area contributed by atoms with Crippen LogP contribution in [0, 0.1) is 5.92 Å². The van der Waals surface area contributed by atoms with E-state index in [4.69, 9.17) is 4.98 Å². The number of anilines is 2. The van der Waals surface area contributed by atoms with E-state index in [1.807, 2.05) is 41.3 Å². The fourth-order valence-corrected chi connectivity index (χ4v) is 3.54. The number of amides is 1. The zero-order chi connectivity index (χ0) is 19.2. The van der Waals surface area contributed by atoms with Crippen LogP contribution in [-0.4, -0.2) is 44.1 Å². The molecule has 7 heteroatoms. The van der Waals surface area contributed by atoms with E-state index < -0.39 is 0 Å². The number of hydrogen-bond donors (Lipinski definition) is 1. The van der Waals surface area contributed by atoms with E-state index in [-0.39, 0.29) is 5.91 Å². The number of likely N-dealkylation sites (tertiary alicyclic amines) is 1. The van der Waals surface area contributed by atoms with E-state index in [0.717, 1.165) is 49.7 Å². The number of nitrogens with zero attached hydrogens (tertiary/aromatic N) is 5. The lowest BCUT2D eigenvalue weighted by atomic mass is 9.93. The molecule has 1 fully saturated rings. The van der Waals surface area contributed by atoms with Gasteiger partial charge < -0.3 is 10.2 Å². The molecule has 1 aliphatic rings. The van der Waals surface area contributed by atoms with E-state index in [1.165, 1.54) is 6.20 Å². The number of carbonyl (C=O) groups excluding carboxylic acids is 1. The van der Waals surface area contributed by atoms with Crippen LogP contribution >= 0.6 is 0 Å². The van der Waals surface area contributed by atoms with Crippen molar-refractivity contribution < 1.29 is 4.79 Å². The average Bonchev–Trinajstić information content (AvgIpc) is 2.75.